The number of rotatable bonds is 21. The van der Waals surface area contributed by atoms with Gasteiger partial charge in [-0.05, 0) is 112 Å². The van der Waals surface area contributed by atoms with Crippen molar-refractivity contribution in [1.29, 1.82) is 5.26 Å². The minimum atomic E-state index is -4.81. The van der Waals surface area contributed by atoms with E-state index in [4.69, 9.17) is 35.9 Å². The number of likely N-dealkylation sites (N-methyl/N-ethyl adjacent to an activating group) is 1. The van der Waals surface area contributed by atoms with Crippen molar-refractivity contribution in [3.8, 4) is 11.8 Å². The highest BCUT2D eigenvalue weighted by molar-refractivity contribution is 7.81. The Labute approximate surface area is 417 Å². The van der Waals surface area contributed by atoms with Gasteiger partial charge in [0.2, 0.25) is 17.7 Å². The lowest BCUT2D eigenvalue weighted by molar-refractivity contribution is -0.144. The summed E-state index contributed by atoms with van der Waals surface area (Å²) >= 11 is 5.61. The van der Waals surface area contributed by atoms with Crippen LogP contribution in [-0.4, -0.2) is 117 Å². The minimum absolute atomic E-state index is 0.0222. The quantitative estimate of drug-likeness (QED) is 0.0613. The maximum absolute atomic E-state index is 14.0. The van der Waals surface area contributed by atoms with Crippen LogP contribution in [0.2, 0.25) is 0 Å². The standard InChI is InChI=1S/C51H62F3N7O9S/c1-32(56-7)44(62)58-43(49(2,3)4)46(64)59-20-10-13-40(59)45(63)57-42-38-12-9-8-11-33(38)29-41(42)70-28-26-68-24-22-66-21-23-67-25-27-69-37-18-16-35(17-19-37)61-48(71)60(47(65)50(61,5)6)36-15-14-34(31-55)39(30-36)51(52,53)54/h8-9,11-12,14-19,25,27,30,32,40-43,56H,10,13,20-24,26,28-29H2,1-7H3,(H,57,63)(H,58,62)/t32-,40-,41+,42-,43+/m0/s1. The number of fused-ring (bicyclic) bond motifs is 1. The molecule has 0 spiro atoms. The lowest BCUT2D eigenvalue weighted by atomic mass is 9.85. The zero-order valence-corrected chi connectivity index (χ0v) is 41.8. The Morgan fingerprint density at radius 1 is 0.944 bits per heavy atom. The molecule has 2 fully saturated rings. The second kappa shape index (κ2) is 23.4. The Hall–Kier alpha value is -6.11. The van der Waals surface area contributed by atoms with Gasteiger partial charge in [-0.3, -0.25) is 24.1 Å². The number of benzene rings is 3. The molecule has 5 atom stereocenters. The lowest BCUT2D eigenvalue weighted by Gasteiger charge is -2.36. The highest BCUT2D eigenvalue weighted by Crippen LogP contribution is 2.40. The number of nitrogens with zero attached hydrogens (tertiary/aromatic N) is 4. The molecule has 20 heteroatoms. The number of hydrogen-bond donors (Lipinski definition) is 3. The molecule has 0 saturated carbocycles. The van der Waals surface area contributed by atoms with E-state index in [1.54, 1.807) is 68.0 Å². The maximum atomic E-state index is 14.0. The van der Waals surface area contributed by atoms with Gasteiger partial charge in [-0.2, -0.15) is 18.4 Å². The highest BCUT2D eigenvalue weighted by Gasteiger charge is 2.51. The van der Waals surface area contributed by atoms with Crippen LogP contribution < -0.4 is 30.5 Å². The lowest BCUT2D eigenvalue weighted by Crippen LogP contribution is -2.59. The summed E-state index contributed by atoms with van der Waals surface area (Å²) in [6.07, 6.45) is -0.657. The number of likely N-dealkylation sites (tertiary alicyclic amines) is 1. The molecule has 0 radical (unpaired) electrons. The number of hydrogen-bond acceptors (Lipinski definition) is 12. The van der Waals surface area contributed by atoms with Crippen LogP contribution in [-0.2, 0) is 50.7 Å². The van der Waals surface area contributed by atoms with Crippen LogP contribution in [0, 0.1) is 16.7 Å². The molecular weight excluding hydrogens is 944 g/mol. The van der Waals surface area contributed by atoms with Gasteiger partial charge in [0.1, 0.15) is 42.5 Å². The molecule has 382 valence electrons. The van der Waals surface area contributed by atoms with Crippen molar-refractivity contribution in [2.45, 2.75) is 103 Å². The number of amides is 4. The van der Waals surface area contributed by atoms with Crippen LogP contribution in [0.5, 0.6) is 5.75 Å². The Morgan fingerprint density at radius 2 is 1.61 bits per heavy atom. The molecule has 71 heavy (non-hydrogen) atoms. The number of carbonyl (C=O) groups is 4. The summed E-state index contributed by atoms with van der Waals surface area (Å²) in [4.78, 5) is 58.5. The summed E-state index contributed by atoms with van der Waals surface area (Å²) in [5, 5.41) is 18.2. The molecule has 6 rings (SSSR count). The summed E-state index contributed by atoms with van der Waals surface area (Å²) in [7, 11) is 1.68. The van der Waals surface area contributed by atoms with Crippen molar-refractivity contribution in [3.05, 3.63) is 102 Å². The Kier molecular flexibility index (Phi) is 17.9. The van der Waals surface area contributed by atoms with E-state index in [0.29, 0.717) is 57.1 Å². The smallest absolute Gasteiger partial charge is 0.417 e. The number of ether oxygens (including phenoxy) is 5. The molecule has 16 nitrogen and oxygen atoms in total. The monoisotopic (exact) mass is 1010 g/mol. The molecule has 2 aliphatic heterocycles. The predicted octanol–water partition coefficient (Wildman–Crippen LogP) is 6.32. The Bertz CT molecular complexity index is 2480. The predicted molar refractivity (Wildman–Crippen MR) is 262 cm³/mol. The maximum Gasteiger partial charge on any atom is 0.417 e. The second-order valence-corrected chi connectivity index (χ2v) is 19.3. The third-order valence-corrected chi connectivity index (χ3v) is 13.0. The first-order chi connectivity index (χ1) is 33.7. The number of anilines is 2. The molecule has 4 amide bonds. The minimum Gasteiger partial charge on any atom is -0.496 e. The number of carbonyl (C=O) groups excluding carboxylic acids is 4. The number of nitriles is 1. The third kappa shape index (κ3) is 12.9. The van der Waals surface area contributed by atoms with Crippen LogP contribution in [0.15, 0.2) is 79.3 Å². The van der Waals surface area contributed by atoms with Crippen molar-refractivity contribution in [1.82, 2.24) is 20.9 Å². The summed E-state index contributed by atoms with van der Waals surface area (Å²) in [6, 6.07) is 16.7. The van der Waals surface area contributed by atoms with Gasteiger partial charge in [-0.15, -0.1) is 0 Å². The Morgan fingerprint density at radius 3 is 2.27 bits per heavy atom. The first-order valence-corrected chi connectivity index (χ1v) is 23.9. The van der Waals surface area contributed by atoms with Gasteiger partial charge in [0.05, 0.1) is 74.1 Å². The number of alkyl halides is 3. The van der Waals surface area contributed by atoms with Gasteiger partial charge >= 0.3 is 6.18 Å². The summed E-state index contributed by atoms with van der Waals surface area (Å²) < 4.78 is 69.9. The summed E-state index contributed by atoms with van der Waals surface area (Å²) in [5.41, 5.74) is -1.10. The van der Waals surface area contributed by atoms with E-state index in [9.17, 15) is 37.6 Å². The summed E-state index contributed by atoms with van der Waals surface area (Å²) in [6.45, 7) is 12.8. The van der Waals surface area contributed by atoms with Gasteiger partial charge in [0, 0.05) is 18.7 Å². The average Bonchev–Trinajstić information content (AvgIpc) is 4.01. The van der Waals surface area contributed by atoms with Gasteiger partial charge in [-0.25, -0.2) is 0 Å². The van der Waals surface area contributed by atoms with Gasteiger partial charge < -0.3 is 49.4 Å². The van der Waals surface area contributed by atoms with Crippen LogP contribution in [0.4, 0.5) is 24.5 Å². The first kappa shape index (κ1) is 54.2. The molecule has 3 aromatic carbocycles. The fraction of sp³-hybridized carbons (Fsp3) is 0.490. The molecule has 3 aliphatic rings. The molecule has 0 bridgehead atoms. The number of nitrogens with one attached hydrogen (secondary N) is 3. The SMILES string of the molecule is CN[C@@H](C)C(=O)N[C@H](C(=O)N1CCC[C@H]1C(=O)N[C@H]1c2ccccc2C[C@H]1OCCOCCOCCOC=COc1ccc(N2C(=S)N(c3ccc(C#N)c(C(F)(F)F)c3)C(=O)C2(C)C)cc1)C(C)(C)C. The molecule has 2 heterocycles. The molecule has 0 aromatic heterocycles. The van der Waals surface area contributed by atoms with Gasteiger partial charge in [0.25, 0.3) is 5.91 Å². The molecule has 3 N–H and O–H groups in total. The molecule has 3 aromatic rings. The van der Waals surface area contributed by atoms with E-state index in [1.165, 1.54) is 18.6 Å². The van der Waals surface area contributed by atoms with Gasteiger partial charge in [-0.1, -0.05) is 45.0 Å². The van der Waals surface area contributed by atoms with E-state index < -0.39 is 58.3 Å². The van der Waals surface area contributed by atoms with Crippen LogP contribution in [0.3, 0.4) is 0 Å². The zero-order valence-electron chi connectivity index (χ0n) is 41.0. The van der Waals surface area contributed by atoms with Crippen molar-refractivity contribution in [3.63, 3.8) is 0 Å². The molecular formula is C51H62F3N7O9S. The van der Waals surface area contributed by atoms with Crippen LogP contribution in [0.25, 0.3) is 0 Å². The molecule has 1 aliphatic carbocycles. The van der Waals surface area contributed by atoms with Crippen molar-refractivity contribution >= 4 is 52.3 Å². The summed E-state index contributed by atoms with van der Waals surface area (Å²) in [5.74, 6) is -0.923. The fourth-order valence-electron chi connectivity index (χ4n) is 8.68. The van der Waals surface area contributed by atoms with Crippen molar-refractivity contribution < 1.29 is 56.0 Å². The van der Waals surface area contributed by atoms with Crippen LogP contribution >= 0.6 is 12.2 Å². The van der Waals surface area contributed by atoms with Gasteiger partial charge in [0.15, 0.2) is 5.11 Å². The fourth-order valence-corrected chi connectivity index (χ4v) is 9.21. The zero-order chi connectivity index (χ0) is 51.7. The number of thiocarbonyl (C=S) groups is 1. The highest BCUT2D eigenvalue weighted by atomic mass is 32.1. The van der Waals surface area contributed by atoms with Crippen LogP contribution in [0.1, 0.15) is 82.7 Å². The normalized spacial score (nSPS) is 19.7. The van der Waals surface area contributed by atoms with E-state index in [0.717, 1.165) is 28.2 Å². The van der Waals surface area contributed by atoms with Crippen molar-refractivity contribution in [2.24, 2.45) is 5.41 Å². The Balaban J connectivity index is 0.889. The molecule has 2 saturated heterocycles. The number of halogens is 3. The second-order valence-electron chi connectivity index (χ2n) is 18.9. The first-order valence-electron chi connectivity index (χ1n) is 23.5. The molecule has 0 unspecified atom stereocenters. The van der Waals surface area contributed by atoms with E-state index in [-0.39, 0.29) is 54.4 Å². The van der Waals surface area contributed by atoms with E-state index in [1.807, 2.05) is 45.0 Å². The van der Waals surface area contributed by atoms with E-state index in [2.05, 4.69) is 16.0 Å². The largest absolute Gasteiger partial charge is 0.496 e. The average molecular weight is 1010 g/mol. The topological polar surface area (TPSA) is 184 Å². The van der Waals surface area contributed by atoms with Crippen molar-refractivity contribution in [2.75, 3.05) is 63.0 Å². The van der Waals surface area contributed by atoms with E-state index >= 15 is 0 Å². The third-order valence-electron chi connectivity index (χ3n) is 12.6.